The summed E-state index contributed by atoms with van der Waals surface area (Å²) in [4.78, 5) is 45.0. The zero-order valence-corrected chi connectivity index (χ0v) is 23.6. The van der Waals surface area contributed by atoms with Crippen LogP contribution in [0.1, 0.15) is 36.0 Å². The number of primary amides is 1. The fourth-order valence-electron chi connectivity index (χ4n) is 7.14. The van der Waals surface area contributed by atoms with Gasteiger partial charge in [-0.3, -0.25) is 19.3 Å². The number of phenolic OH excluding ortho intramolecular Hbond substituents is 1. The second-order valence-corrected chi connectivity index (χ2v) is 12.3. The highest BCUT2D eigenvalue weighted by atomic mass is 16.3. The first-order valence-electron chi connectivity index (χ1n) is 13.6. The van der Waals surface area contributed by atoms with Gasteiger partial charge in [0.05, 0.1) is 11.6 Å². The van der Waals surface area contributed by atoms with Gasteiger partial charge in [0, 0.05) is 44.4 Å². The highest BCUT2D eigenvalue weighted by molar-refractivity contribution is 6.24. The maximum atomic E-state index is 14.0. The molecule has 1 aromatic rings. The van der Waals surface area contributed by atoms with Crippen LogP contribution in [0.5, 0.6) is 5.75 Å². The third-order valence-corrected chi connectivity index (χ3v) is 8.93. The predicted molar refractivity (Wildman–Crippen MR) is 148 cm³/mol. The average Bonchev–Trinajstić information content (AvgIpc) is 3.64. The number of hydrogen-bond acceptors (Lipinski definition) is 10. The third kappa shape index (κ3) is 4.10. The molecule has 2 fully saturated rings. The number of benzene rings is 1. The monoisotopic (exact) mass is 554 g/mol. The number of hydrogen-bond donors (Lipinski definition) is 5. The van der Waals surface area contributed by atoms with Crippen LogP contribution in [-0.4, -0.2) is 101 Å². The highest BCUT2D eigenvalue weighted by Crippen LogP contribution is 2.54. The molecule has 1 amide bonds. The van der Waals surface area contributed by atoms with Gasteiger partial charge >= 0.3 is 0 Å². The van der Waals surface area contributed by atoms with Gasteiger partial charge in [-0.05, 0) is 75.9 Å². The van der Waals surface area contributed by atoms with E-state index in [1.54, 1.807) is 20.2 Å². The van der Waals surface area contributed by atoms with Crippen LogP contribution < -0.4 is 10.6 Å². The Bertz CT molecular complexity index is 1380. The van der Waals surface area contributed by atoms with Gasteiger partial charge in [0.15, 0.2) is 11.4 Å². The predicted octanol–water partition coefficient (Wildman–Crippen LogP) is 0.872. The maximum absolute atomic E-state index is 14.0. The highest BCUT2D eigenvalue weighted by Gasteiger charge is 2.64. The minimum absolute atomic E-state index is 0.0607. The molecule has 216 valence electrons. The van der Waals surface area contributed by atoms with Crippen molar-refractivity contribution < 1.29 is 34.8 Å². The van der Waals surface area contributed by atoms with Crippen molar-refractivity contribution in [2.45, 2.75) is 43.9 Å². The van der Waals surface area contributed by atoms with E-state index in [9.17, 15) is 34.8 Å². The summed E-state index contributed by atoms with van der Waals surface area (Å²) < 4.78 is 0. The van der Waals surface area contributed by atoms with E-state index < -0.39 is 58.0 Å². The number of likely N-dealkylation sites (N-methyl/N-ethyl adjacent to an activating group) is 1. The van der Waals surface area contributed by atoms with Gasteiger partial charge in [-0.15, -0.1) is 0 Å². The molecule has 5 rings (SSSR count). The van der Waals surface area contributed by atoms with E-state index in [0.29, 0.717) is 18.0 Å². The van der Waals surface area contributed by atoms with E-state index in [0.717, 1.165) is 17.8 Å². The number of aliphatic hydroxyl groups is 3. The summed E-state index contributed by atoms with van der Waals surface area (Å²) in [5.41, 5.74) is 4.26. The summed E-state index contributed by atoms with van der Waals surface area (Å²) in [6.45, 7) is 1.53. The van der Waals surface area contributed by atoms with Crippen LogP contribution in [0.4, 0.5) is 5.69 Å². The standard InChI is InChI=1S/C29H38N4O7/c1-31(2)22-15(12-33(5)11-13-6-7-13)10-18(34)20-16(22)8-14-9-17-23(32(3)4)25(36)21(28(30)39)27(38)29(17,40)26(37)19(14)24(20)35/h10,13-14,17,23,34-35,38,40H,6-9,11-12H2,1-5H3,(H2,30,39)/t14-,17-,23-,29-/m0/s1. The number of carbonyl (C=O) groups is 3. The van der Waals surface area contributed by atoms with Crippen molar-refractivity contribution in [2.24, 2.45) is 23.5 Å². The maximum Gasteiger partial charge on any atom is 0.255 e. The molecule has 0 aliphatic heterocycles. The van der Waals surface area contributed by atoms with Crippen LogP contribution in [0, 0.1) is 17.8 Å². The van der Waals surface area contributed by atoms with Crippen molar-refractivity contribution in [2.75, 3.05) is 46.7 Å². The number of fused-ring (bicyclic) bond motifs is 3. The SMILES string of the molecule is CN(Cc1cc(O)c2c(c1N(C)C)C[C@H]1C[C@H]3[C@H](N(C)C)C(=O)C(C(N)=O)=C(O)[C@@]3(O)C(=O)C1=C2O)CC1CC1. The molecule has 0 spiro atoms. The summed E-state index contributed by atoms with van der Waals surface area (Å²) in [7, 11) is 8.97. The molecule has 1 aromatic carbocycles. The third-order valence-electron chi connectivity index (χ3n) is 8.93. The van der Waals surface area contributed by atoms with Crippen LogP contribution in [0.3, 0.4) is 0 Å². The minimum Gasteiger partial charge on any atom is -0.508 e. The van der Waals surface area contributed by atoms with E-state index in [2.05, 4.69) is 4.90 Å². The Morgan fingerprint density at radius 1 is 1.10 bits per heavy atom. The van der Waals surface area contributed by atoms with Crippen LogP contribution in [-0.2, 0) is 27.3 Å². The van der Waals surface area contributed by atoms with E-state index in [1.165, 1.54) is 17.7 Å². The van der Waals surface area contributed by atoms with Crippen LogP contribution in [0.15, 0.2) is 23.0 Å². The average molecular weight is 555 g/mol. The van der Waals surface area contributed by atoms with Crippen molar-refractivity contribution in [1.82, 2.24) is 9.80 Å². The van der Waals surface area contributed by atoms with E-state index in [1.807, 2.05) is 26.0 Å². The number of anilines is 1. The van der Waals surface area contributed by atoms with E-state index >= 15 is 0 Å². The zero-order chi connectivity index (χ0) is 29.4. The van der Waals surface area contributed by atoms with Gasteiger partial charge < -0.3 is 36.0 Å². The number of nitrogens with zero attached hydrogens (tertiary/aromatic N) is 3. The molecule has 4 aliphatic rings. The fraction of sp³-hybridized carbons (Fsp3) is 0.552. The molecule has 11 heteroatoms. The van der Waals surface area contributed by atoms with Gasteiger partial charge in [-0.25, -0.2) is 0 Å². The Morgan fingerprint density at radius 3 is 2.30 bits per heavy atom. The van der Waals surface area contributed by atoms with Crippen LogP contribution >= 0.6 is 0 Å². The number of Topliss-reactive ketones (excluding diaryl/α,β-unsaturated/α-hetero) is 2. The summed E-state index contributed by atoms with van der Waals surface area (Å²) >= 11 is 0. The smallest absolute Gasteiger partial charge is 0.255 e. The van der Waals surface area contributed by atoms with Gasteiger partial charge in [-0.2, -0.15) is 0 Å². The normalized spacial score (nSPS) is 28.1. The lowest BCUT2D eigenvalue weighted by Gasteiger charge is -2.50. The molecule has 6 N–H and O–H groups in total. The Labute approximate surface area is 233 Å². The number of aromatic hydroxyl groups is 1. The van der Waals surface area contributed by atoms with Crippen LogP contribution in [0.25, 0.3) is 5.76 Å². The first-order chi connectivity index (χ1) is 18.7. The number of rotatable bonds is 7. The molecule has 0 aromatic heterocycles. The second kappa shape index (κ2) is 9.60. The number of aliphatic hydroxyl groups excluding tert-OH is 2. The first kappa shape index (κ1) is 28.1. The van der Waals surface area contributed by atoms with Crippen molar-refractivity contribution in [3.8, 4) is 5.75 Å². The quantitative estimate of drug-likeness (QED) is 0.305. The molecule has 4 aliphatic carbocycles. The van der Waals surface area contributed by atoms with Crippen molar-refractivity contribution in [3.05, 3.63) is 39.7 Å². The molecule has 11 nitrogen and oxygen atoms in total. The van der Waals surface area contributed by atoms with Crippen molar-refractivity contribution in [1.29, 1.82) is 0 Å². The van der Waals surface area contributed by atoms with Crippen molar-refractivity contribution >= 4 is 28.9 Å². The van der Waals surface area contributed by atoms with Gasteiger partial charge in [-0.1, -0.05) is 0 Å². The summed E-state index contributed by atoms with van der Waals surface area (Å²) in [6.07, 6.45) is 2.75. The number of amides is 1. The molecular formula is C29H38N4O7. The molecule has 0 radical (unpaired) electrons. The molecular weight excluding hydrogens is 516 g/mol. The fourth-order valence-corrected chi connectivity index (χ4v) is 7.14. The van der Waals surface area contributed by atoms with Crippen LogP contribution in [0.2, 0.25) is 0 Å². The second-order valence-electron chi connectivity index (χ2n) is 12.3. The Morgan fingerprint density at radius 2 is 1.75 bits per heavy atom. The minimum atomic E-state index is -2.64. The summed E-state index contributed by atoms with van der Waals surface area (Å²) in [6, 6.07) is 0.491. The summed E-state index contributed by atoms with van der Waals surface area (Å²) in [5, 5.41) is 45.4. The molecule has 2 saturated carbocycles. The molecule has 0 bridgehead atoms. The number of carbonyl (C=O) groups excluding carboxylic acids is 3. The summed E-state index contributed by atoms with van der Waals surface area (Å²) in [5.74, 6) is -5.81. The Kier molecular flexibility index (Phi) is 6.75. The topological polar surface area (TPSA) is 168 Å². The number of nitrogens with two attached hydrogens (primary N) is 1. The molecule has 4 atom stereocenters. The number of phenols is 1. The molecule has 0 saturated heterocycles. The van der Waals surface area contributed by atoms with Crippen molar-refractivity contribution in [3.63, 3.8) is 0 Å². The first-order valence-corrected chi connectivity index (χ1v) is 13.6. The number of ketones is 2. The van der Waals surface area contributed by atoms with Gasteiger partial charge in [0.1, 0.15) is 22.8 Å². The lowest BCUT2D eigenvalue weighted by atomic mass is 9.57. The molecule has 0 heterocycles. The lowest BCUT2D eigenvalue weighted by molar-refractivity contribution is -0.153. The Hall–Kier alpha value is -3.41. The largest absolute Gasteiger partial charge is 0.508 e. The molecule has 40 heavy (non-hydrogen) atoms. The van der Waals surface area contributed by atoms with E-state index in [4.69, 9.17) is 5.73 Å². The van der Waals surface area contributed by atoms with Gasteiger partial charge in [0.25, 0.3) is 5.91 Å². The van der Waals surface area contributed by atoms with E-state index in [-0.39, 0.29) is 29.7 Å². The zero-order valence-electron chi connectivity index (χ0n) is 23.6. The molecule has 0 unspecified atom stereocenters. The van der Waals surface area contributed by atoms with Gasteiger partial charge in [0.2, 0.25) is 5.78 Å². The Balaban J connectivity index is 1.67. The lowest BCUT2D eigenvalue weighted by Crippen LogP contribution is -2.65.